The number of halogens is 2. The summed E-state index contributed by atoms with van der Waals surface area (Å²) in [5.74, 6) is -0.338. The van der Waals surface area contributed by atoms with Crippen molar-refractivity contribution in [1.82, 2.24) is 10.3 Å². The van der Waals surface area contributed by atoms with Crippen LogP contribution in [-0.4, -0.2) is 16.4 Å². The number of nitrogens with one attached hydrogen (secondary N) is 1. The molecule has 0 radical (unpaired) electrons. The number of carbonyl (C=O) groups excluding carboxylic acids is 1. The van der Waals surface area contributed by atoms with E-state index in [0.717, 1.165) is 19.3 Å². The van der Waals surface area contributed by atoms with Gasteiger partial charge in [-0.15, -0.1) is 0 Å². The van der Waals surface area contributed by atoms with Crippen LogP contribution in [0.5, 0.6) is 0 Å². The molecule has 1 heterocycles. The van der Waals surface area contributed by atoms with Gasteiger partial charge in [0.25, 0.3) is 5.91 Å². The van der Waals surface area contributed by atoms with Crippen LogP contribution in [0.3, 0.4) is 0 Å². The molecule has 1 fully saturated rings. The number of carbonyl (C=O) groups is 1. The molecule has 19 heavy (non-hydrogen) atoms. The third-order valence-electron chi connectivity index (χ3n) is 3.33. The van der Waals surface area contributed by atoms with Crippen LogP contribution in [0.1, 0.15) is 42.5 Å². The Kier molecular flexibility index (Phi) is 4.28. The number of hydrogen-bond donors (Lipinski definition) is 1. The Hall–Kier alpha value is -1.31. The second kappa shape index (κ2) is 5.77. The number of pyridine rings is 1. The van der Waals surface area contributed by atoms with Crippen LogP contribution in [0.15, 0.2) is 12.3 Å². The number of nitriles is 1. The van der Waals surface area contributed by atoms with E-state index >= 15 is 0 Å². The van der Waals surface area contributed by atoms with Crippen molar-refractivity contribution >= 4 is 29.1 Å². The average Bonchev–Trinajstić information content (AvgIpc) is 2.43. The summed E-state index contributed by atoms with van der Waals surface area (Å²) < 4.78 is 0. The predicted molar refractivity (Wildman–Crippen MR) is 73.2 cm³/mol. The average molecular weight is 298 g/mol. The molecule has 4 nitrogen and oxygen atoms in total. The molecule has 1 saturated carbocycles. The Balaban J connectivity index is 2.15. The molecule has 100 valence electrons. The van der Waals surface area contributed by atoms with Crippen molar-refractivity contribution in [2.75, 3.05) is 0 Å². The van der Waals surface area contributed by atoms with Gasteiger partial charge in [-0.3, -0.25) is 4.79 Å². The van der Waals surface area contributed by atoms with Gasteiger partial charge in [-0.1, -0.05) is 42.5 Å². The van der Waals surface area contributed by atoms with E-state index in [4.69, 9.17) is 23.2 Å². The lowest BCUT2D eigenvalue weighted by Gasteiger charge is -2.31. The van der Waals surface area contributed by atoms with Gasteiger partial charge in [-0.25, -0.2) is 4.98 Å². The first-order chi connectivity index (χ1) is 9.06. The standard InChI is InChI=1S/C13H13Cl2N3O/c14-10-6-9(7-17-11(10)15)12(19)18-13(8-16)4-2-1-3-5-13/h6-7H,1-5H2,(H,18,19). The lowest BCUT2D eigenvalue weighted by atomic mass is 9.82. The molecule has 0 unspecified atom stereocenters. The normalized spacial score (nSPS) is 17.5. The van der Waals surface area contributed by atoms with E-state index in [0.29, 0.717) is 18.4 Å². The molecule has 0 atom stereocenters. The zero-order valence-corrected chi connectivity index (χ0v) is 11.8. The maximum atomic E-state index is 12.1. The fourth-order valence-electron chi connectivity index (χ4n) is 2.25. The summed E-state index contributed by atoms with van der Waals surface area (Å²) in [6, 6.07) is 3.69. The molecule has 0 saturated heterocycles. The van der Waals surface area contributed by atoms with E-state index in [9.17, 15) is 10.1 Å². The molecule has 0 aliphatic heterocycles. The van der Waals surface area contributed by atoms with E-state index in [2.05, 4.69) is 16.4 Å². The maximum absolute atomic E-state index is 12.1. The van der Waals surface area contributed by atoms with Crippen LogP contribution in [0, 0.1) is 11.3 Å². The lowest BCUT2D eigenvalue weighted by molar-refractivity contribution is 0.0902. The molecule has 1 amide bonds. The molecule has 6 heteroatoms. The van der Waals surface area contributed by atoms with Gasteiger partial charge in [0.1, 0.15) is 10.7 Å². The van der Waals surface area contributed by atoms with Crippen molar-refractivity contribution in [3.05, 3.63) is 28.0 Å². The van der Waals surface area contributed by atoms with Gasteiger partial charge < -0.3 is 5.32 Å². The Morgan fingerprint density at radius 3 is 2.63 bits per heavy atom. The lowest BCUT2D eigenvalue weighted by Crippen LogP contribution is -2.48. The molecular weight excluding hydrogens is 285 g/mol. The summed E-state index contributed by atoms with van der Waals surface area (Å²) in [4.78, 5) is 16.0. The van der Waals surface area contributed by atoms with Crippen molar-refractivity contribution in [2.24, 2.45) is 0 Å². The topological polar surface area (TPSA) is 65.8 Å². The zero-order chi connectivity index (χ0) is 13.9. The molecule has 1 N–H and O–H groups in total. The number of aromatic nitrogens is 1. The van der Waals surface area contributed by atoms with E-state index < -0.39 is 5.54 Å². The Morgan fingerprint density at radius 2 is 2.05 bits per heavy atom. The van der Waals surface area contributed by atoms with Gasteiger partial charge in [0, 0.05) is 6.20 Å². The monoisotopic (exact) mass is 297 g/mol. The van der Waals surface area contributed by atoms with E-state index in [1.807, 2.05) is 0 Å². The van der Waals surface area contributed by atoms with Gasteiger partial charge >= 0.3 is 0 Å². The van der Waals surface area contributed by atoms with Gasteiger partial charge in [0.05, 0.1) is 16.7 Å². The Labute approximate surface area is 121 Å². The van der Waals surface area contributed by atoms with E-state index in [1.54, 1.807) is 0 Å². The molecule has 1 aliphatic carbocycles. The highest BCUT2D eigenvalue weighted by Crippen LogP contribution is 2.28. The SMILES string of the molecule is N#CC1(NC(=O)c2cnc(Cl)c(Cl)c2)CCCCC1. The Morgan fingerprint density at radius 1 is 1.37 bits per heavy atom. The maximum Gasteiger partial charge on any atom is 0.254 e. The second-order valence-corrected chi connectivity index (χ2v) is 5.47. The van der Waals surface area contributed by atoms with Crippen molar-refractivity contribution in [1.29, 1.82) is 5.26 Å². The molecular formula is C13H13Cl2N3O. The van der Waals surface area contributed by atoms with Gasteiger partial charge in [0.2, 0.25) is 0 Å². The first-order valence-electron chi connectivity index (χ1n) is 6.11. The molecule has 1 aromatic rings. The summed E-state index contributed by atoms with van der Waals surface area (Å²) >= 11 is 11.5. The first-order valence-corrected chi connectivity index (χ1v) is 6.87. The van der Waals surface area contributed by atoms with Crippen molar-refractivity contribution in [3.63, 3.8) is 0 Å². The molecule has 2 rings (SSSR count). The number of amides is 1. The van der Waals surface area contributed by atoms with Crippen LogP contribution in [0.4, 0.5) is 0 Å². The summed E-state index contributed by atoms with van der Waals surface area (Å²) in [5.41, 5.74) is -0.448. The van der Waals surface area contributed by atoms with Crippen LogP contribution >= 0.6 is 23.2 Å². The highest BCUT2D eigenvalue weighted by Gasteiger charge is 2.33. The van der Waals surface area contributed by atoms with Crippen molar-refractivity contribution in [2.45, 2.75) is 37.6 Å². The molecule has 0 aromatic carbocycles. The first kappa shape index (κ1) is 14.1. The summed E-state index contributed by atoms with van der Waals surface area (Å²) in [6.45, 7) is 0. The minimum atomic E-state index is -0.762. The van der Waals surface area contributed by atoms with Gasteiger partial charge in [-0.05, 0) is 18.9 Å². The number of hydrogen-bond acceptors (Lipinski definition) is 3. The van der Waals surface area contributed by atoms with E-state index in [-0.39, 0.29) is 16.1 Å². The number of rotatable bonds is 2. The summed E-state index contributed by atoms with van der Waals surface area (Å²) in [6.07, 6.45) is 5.74. The summed E-state index contributed by atoms with van der Waals surface area (Å²) in [5, 5.41) is 12.5. The van der Waals surface area contributed by atoms with Crippen molar-refractivity contribution in [3.8, 4) is 6.07 Å². The van der Waals surface area contributed by atoms with Crippen LogP contribution in [0.25, 0.3) is 0 Å². The zero-order valence-electron chi connectivity index (χ0n) is 10.2. The number of nitrogens with zero attached hydrogens (tertiary/aromatic N) is 2. The van der Waals surface area contributed by atoms with Gasteiger partial charge in [-0.2, -0.15) is 5.26 Å². The summed E-state index contributed by atoms with van der Waals surface area (Å²) in [7, 11) is 0. The molecule has 1 aromatic heterocycles. The third kappa shape index (κ3) is 3.17. The van der Waals surface area contributed by atoms with E-state index in [1.165, 1.54) is 12.3 Å². The molecule has 1 aliphatic rings. The highest BCUT2D eigenvalue weighted by molar-refractivity contribution is 6.41. The smallest absolute Gasteiger partial charge is 0.254 e. The van der Waals surface area contributed by atoms with Crippen molar-refractivity contribution < 1.29 is 4.79 Å². The highest BCUT2D eigenvalue weighted by atomic mass is 35.5. The fraction of sp³-hybridized carbons (Fsp3) is 0.462. The molecule has 0 bridgehead atoms. The quantitative estimate of drug-likeness (QED) is 0.851. The second-order valence-electron chi connectivity index (χ2n) is 4.71. The fourth-order valence-corrected chi connectivity index (χ4v) is 2.52. The predicted octanol–water partition coefficient (Wildman–Crippen LogP) is 3.34. The minimum absolute atomic E-state index is 0.158. The largest absolute Gasteiger partial charge is 0.334 e. The minimum Gasteiger partial charge on any atom is -0.334 e. The Bertz CT molecular complexity index is 533. The third-order valence-corrected chi connectivity index (χ3v) is 4.02. The van der Waals surface area contributed by atoms with Crippen LogP contribution in [0.2, 0.25) is 10.2 Å². The van der Waals surface area contributed by atoms with Crippen LogP contribution < -0.4 is 5.32 Å². The van der Waals surface area contributed by atoms with Crippen LogP contribution in [-0.2, 0) is 0 Å². The van der Waals surface area contributed by atoms with Gasteiger partial charge in [0.15, 0.2) is 0 Å². The molecule has 0 spiro atoms.